The Morgan fingerprint density at radius 1 is 1.39 bits per heavy atom. The van der Waals surface area contributed by atoms with E-state index in [2.05, 4.69) is 10.6 Å². The molecule has 1 aromatic rings. The van der Waals surface area contributed by atoms with Gasteiger partial charge in [-0.3, -0.25) is 4.84 Å². The molecule has 4 atom stereocenters. The molecule has 1 amide bonds. The number of guanidine groups is 1. The topological polar surface area (TPSA) is 77.5 Å². The van der Waals surface area contributed by atoms with Gasteiger partial charge in [0.05, 0.1) is 24.2 Å². The van der Waals surface area contributed by atoms with Crippen LogP contribution in [-0.2, 0) is 22.4 Å². The van der Waals surface area contributed by atoms with Gasteiger partial charge < -0.3 is 10.6 Å². The molecule has 3 N–H and O–H groups in total. The van der Waals surface area contributed by atoms with E-state index < -0.39 is 21.8 Å². The first-order chi connectivity index (χ1) is 14.8. The van der Waals surface area contributed by atoms with Gasteiger partial charge in [0.15, 0.2) is 11.6 Å². The van der Waals surface area contributed by atoms with Gasteiger partial charge in [0.25, 0.3) is 0 Å². The van der Waals surface area contributed by atoms with E-state index in [0.717, 1.165) is 12.1 Å². The Kier molecular flexibility index (Phi) is 4.51. The fourth-order valence-corrected chi connectivity index (χ4v) is 5.17. The van der Waals surface area contributed by atoms with E-state index in [1.165, 1.54) is 6.07 Å². The van der Waals surface area contributed by atoms with Crippen molar-refractivity contribution in [3.8, 4) is 0 Å². The summed E-state index contributed by atoms with van der Waals surface area (Å²) in [5.74, 6) is -0.328. The average molecular weight is 434 g/mol. The number of nitrogens with zero attached hydrogens (tertiary/aromatic N) is 2. The Labute approximate surface area is 177 Å². The number of nitrogens with one attached hydrogen (secondary N) is 3. The molecule has 7 nitrogen and oxygen atoms in total. The fourth-order valence-electron chi connectivity index (χ4n) is 5.17. The second-order valence-corrected chi connectivity index (χ2v) is 8.42. The molecule has 5 heterocycles. The van der Waals surface area contributed by atoms with Crippen LogP contribution in [0.4, 0.5) is 13.2 Å². The largest absolute Gasteiger partial charge is 0.416 e. The first-order valence-corrected chi connectivity index (χ1v) is 10.2. The number of carbonyl (C=O) groups excluding carboxylic acids is 1. The minimum atomic E-state index is -4.49. The van der Waals surface area contributed by atoms with Crippen LogP contribution >= 0.6 is 0 Å². The maximum Gasteiger partial charge on any atom is 0.416 e. The summed E-state index contributed by atoms with van der Waals surface area (Å²) >= 11 is 0. The molecule has 4 fully saturated rings. The third-order valence-corrected chi connectivity index (χ3v) is 6.80. The molecule has 164 valence electrons. The number of amides is 1. The number of quaternary nitrogens is 1. The van der Waals surface area contributed by atoms with E-state index in [0.29, 0.717) is 43.7 Å². The van der Waals surface area contributed by atoms with Gasteiger partial charge in [0, 0.05) is 31.3 Å². The van der Waals surface area contributed by atoms with Gasteiger partial charge in [-0.1, -0.05) is 18.2 Å². The Hall–Kier alpha value is -2.69. The SMILES string of the molecule is N=C1NCC2(CCN3CC2O3)[N+]1(Cc1cccc(C(F)(F)F)c1)C(=O)C1=CNCC=C1. The highest BCUT2D eigenvalue weighted by Crippen LogP contribution is 2.47. The molecule has 0 radical (unpaired) electrons. The molecule has 1 aromatic carbocycles. The zero-order chi connectivity index (χ0) is 21.9. The third-order valence-electron chi connectivity index (χ3n) is 6.80. The molecule has 6 rings (SSSR count). The predicted molar refractivity (Wildman–Crippen MR) is 105 cm³/mol. The number of fused-ring (bicyclic) bond motifs is 1. The molecule has 0 aromatic heterocycles. The maximum atomic E-state index is 14.0. The number of rotatable bonds is 3. The normalized spacial score (nSPS) is 34.0. The van der Waals surface area contributed by atoms with Crippen LogP contribution in [0.1, 0.15) is 17.5 Å². The van der Waals surface area contributed by atoms with E-state index in [9.17, 15) is 18.0 Å². The molecule has 2 bridgehead atoms. The van der Waals surface area contributed by atoms with E-state index in [1.54, 1.807) is 18.3 Å². The number of alkyl halides is 3. The van der Waals surface area contributed by atoms with E-state index in [-0.39, 0.29) is 24.5 Å². The number of piperidine rings is 1. The van der Waals surface area contributed by atoms with Crippen molar-refractivity contribution >= 4 is 11.9 Å². The number of hydrogen-bond donors (Lipinski definition) is 3. The Bertz CT molecular complexity index is 998. The van der Waals surface area contributed by atoms with Gasteiger partial charge in [0.1, 0.15) is 6.54 Å². The molecule has 0 aliphatic carbocycles. The second-order valence-electron chi connectivity index (χ2n) is 8.42. The molecule has 4 unspecified atom stereocenters. The lowest BCUT2D eigenvalue weighted by molar-refractivity contribution is -0.841. The average Bonchev–Trinajstić information content (AvgIpc) is 2.99. The minimum Gasteiger partial charge on any atom is -0.387 e. The lowest BCUT2D eigenvalue weighted by Crippen LogP contribution is -2.79. The Morgan fingerprint density at radius 2 is 2.19 bits per heavy atom. The van der Waals surface area contributed by atoms with Crippen LogP contribution in [0.2, 0.25) is 0 Å². The standard InChI is InChI=1S/C21H22F3N5O2/c22-21(23,24)16-5-1-3-14(9-16)12-29(18(30)15-4-2-7-26-10-15)19(25)27-13-20(29)6-8-28-11-17(20)31-28/h1-5,9-10,17H,6-8,11-13H2,(H2-,25,26,27,30)/p+1. The van der Waals surface area contributed by atoms with Crippen molar-refractivity contribution in [2.24, 2.45) is 0 Å². The quantitative estimate of drug-likeness (QED) is 0.634. The summed E-state index contributed by atoms with van der Waals surface area (Å²) in [4.78, 5) is 19.9. The predicted octanol–water partition coefficient (Wildman–Crippen LogP) is 1.89. The molecule has 4 saturated heterocycles. The van der Waals surface area contributed by atoms with Crippen LogP contribution < -0.4 is 10.6 Å². The summed E-state index contributed by atoms with van der Waals surface area (Å²) < 4.78 is 39.6. The monoisotopic (exact) mass is 434 g/mol. The van der Waals surface area contributed by atoms with Crippen molar-refractivity contribution in [1.82, 2.24) is 15.7 Å². The molecule has 0 saturated carbocycles. The van der Waals surface area contributed by atoms with Crippen LogP contribution in [-0.4, -0.2) is 59.2 Å². The van der Waals surface area contributed by atoms with E-state index in [1.807, 2.05) is 11.1 Å². The molecule has 5 aliphatic rings. The third kappa shape index (κ3) is 2.93. The Balaban J connectivity index is 1.63. The van der Waals surface area contributed by atoms with Crippen LogP contribution in [0, 0.1) is 5.41 Å². The summed E-state index contributed by atoms with van der Waals surface area (Å²) in [6.07, 6.45) is 0.969. The molecular formula is C21H23F3N5O2+. The number of hydrogen-bond acceptors (Lipinski definition) is 5. The van der Waals surface area contributed by atoms with Crippen molar-refractivity contribution in [1.29, 1.82) is 5.41 Å². The highest BCUT2D eigenvalue weighted by molar-refractivity contribution is 5.99. The van der Waals surface area contributed by atoms with Crippen molar-refractivity contribution in [3.63, 3.8) is 0 Å². The van der Waals surface area contributed by atoms with Crippen LogP contribution in [0.25, 0.3) is 0 Å². The zero-order valence-electron chi connectivity index (χ0n) is 16.7. The maximum absolute atomic E-state index is 14.0. The first-order valence-electron chi connectivity index (χ1n) is 10.2. The summed E-state index contributed by atoms with van der Waals surface area (Å²) in [5.41, 5.74) is -0.779. The lowest BCUT2D eigenvalue weighted by atomic mass is 9.79. The van der Waals surface area contributed by atoms with Crippen LogP contribution in [0.5, 0.6) is 0 Å². The van der Waals surface area contributed by atoms with Crippen LogP contribution in [0.3, 0.4) is 0 Å². The van der Waals surface area contributed by atoms with Gasteiger partial charge in [-0.2, -0.15) is 22.7 Å². The number of benzene rings is 1. The highest BCUT2D eigenvalue weighted by Gasteiger charge is 2.72. The number of dihydropyridines is 1. The first kappa shape index (κ1) is 20.2. The molecule has 1 spiro atoms. The van der Waals surface area contributed by atoms with Gasteiger partial charge in [0.2, 0.25) is 0 Å². The van der Waals surface area contributed by atoms with Crippen molar-refractivity contribution < 1.29 is 27.3 Å². The highest BCUT2D eigenvalue weighted by atomic mass is 19.4. The zero-order valence-corrected chi connectivity index (χ0v) is 16.7. The number of halogens is 3. The van der Waals surface area contributed by atoms with Crippen molar-refractivity contribution in [3.05, 3.63) is 59.3 Å². The molecule has 5 aliphatic heterocycles. The molecule has 31 heavy (non-hydrogen) atoms. The summed E-state index contributed by atoms with van der Waals surface area (Å²) in [5, 5.41) is 16.7. The molecular weight excluding hydrogens is 411 g/mol. The van der Waals surface area contributed by atoms with Gasteiger partial charge >= 0.3 is 18.0 Å². The second kappa shape index (κ2) is 6.91. The van der Waals surface area contributed by atoms with Crippen molar-refractivity contribution in [2.45, 2.75) is 30.8 Å². The Morgan fingerprint density at radius 3 is 2.84 bits per heavy atom. The van der Waals surface area contributed by atoms with Crippen LogP contribution in [0.15, 0.2) is 48.2 Å². The minimum absolute atomic E-state index is 0.00812. The number of hydroxylamine groups is 2. The van der Waals surface area contributed by atoms with Gasteiger partial charge in [-0.05, 0) is 18.2 Å². The van der Waals surface area contributed by atoms with Crippen molar-refractivity contribution in [2.75, 3.05) is 26.2 Å². The number of carbonyl (C=O) groups is 1. The summed E-state index contributed by atoms with van der Waals surface area (Å²) in [6.45, 7) is 2.14. The fraction of sp³-hybridized carbons (Fsp3) is 0.429. The van der Waals surface area contributed by atoms with E-state index in [4.69, 9.17) is 10.2 Å². The molecule has 10 heteroatoms. The summed E-state index contributed by atoms with van der Waals surface area (Å²) in [7, 11) is 0. The van der Waals surface area contributed by atoms with Gasteiger partial charge in [-0.15, -0.1) is 0 Å². The lowest BCUT2D eigenvalue weighted by Gasteiger charge is -2.57. The van der Waals surface area contributed by atoms with E-state index >= 15 is 0 Å². The summed E-state index contributed by atoms with van der Waals surface area (Å²) in [6, 6.07) is 5.03. The van der Waals surface area contributed by atoms with Gasteiger partial charge in [-0.25, -0.2) is 10.2 Å². The smallest absolute Gasteiger partial charge is 0.387 e.